The largest absolute Gasteiger partial charge is 0.464 e. The maximum Gasteiger partial charge on any atom is 0.356 e. The van der Waals surface area contributed by atoms with Crippen LogP contribution in [0.25, 0.3) is 0 Å². The third-order valence-corrected chi connectivity index (χ3v) is 4.88. The van der Waals surface area contributed by atoms with Crippen LogP contribution in [-0.4, -0.2) is 36.5 Å². The summed E-state index contributed by atoms with van der Waals surface area (Å²) in [6.07, 6.45) is 1.57. The number of ether oxygens (including phenoxy) is 3. The summed E-state index contributed by atoms with van der Waals surface area (Å²) in [5, 5.41) is 10.1. The molecule has 30 heavy (non-hydrogen) atoms. The van der Waals surface area contributed by atoms with Gasteiger partial charge in [0.25, 0.3) is 5.91 Å². The van der Waals surface area contributed by atoms with E-state index in [0.717, 1.165) is 5.56 Å². The van der Waals surface area contributed by atoms with Crippen LogP contribution in [0.3, 0.4) is 0 Å². The topological polar surface area (TPSA) is 127 Å². The zero-order chi connectivity index (χ0) is 21.3. The number of esters is 1. The van der Waals surface area contributed by atoms with E-state index in [1.807, 2.05) is 12.1 Å². The van der Waals surface area contributed by atoms with Gasteiger partial charge in [-0.1, -0.05) is 30.3 Å². The van der Waals surface area contributed by atoms with Crippen molar-refractivity contribution < 1.29 is 23.8 Å². The molecule has 4 N–H and O–H groups in total. The first-order valence-corrected chi connectivity index (χ1v) is 9.16. The summed E-state index contributed by atoms with van der Waals surface area (Å²) in [5.74, 6) is 0.160. The number of rotatable bonds is 5. The van der Waals surface area contributed by atoms with E-state index in [2.05, 4.69) is 5.32 Å². The number of nitrogens with two attached hydrogens (primary N) is 1. The first-order valence-electron chi connectivity index (χ1n) is 9.16. The number of nitrogens with one attached hydrogen (secondary N) is 2. The van der Waals surface area contributed by atoms with Crippen LogP contribution in [0.2, 0.25) is 0 Å². The van der Waals surface area contributed by atoms with E-state index in [1.54, 1.807) is 41.4 Å². The number of fused-ring (bicyclic) bond motifs is 1. The predicted octanol–water partition coefficient (Wildman–Crippen LogP) is 1.39. The molecule has 0 aliphatic carbocycles. The molecule has 2 aliphatic rings. The normalized spacial score (nSPS) is 17.2. The van der Waals surface area contributed by atoms with Gasteiger partial charge < -0.3 is 30.2 Å². The highest BCUT2D eigenvalue weighted by Gasteiger charge is 2.34. The SMILES string of the molecule is COC(=O)C1=CN(Cc2ccc(C(=N)N)cc2)C(c2ccc3c(c2)OCO3)C(=O)N1. The molecule has 2 aromatic carbocycles. The Morgan fingerprint density at radius 1 is 1.23 bits per heavy atom. The van der Waals surface area contributed by atoms with Crippen LogP contribution in [0, 0.1) is 5.41 Å². The Bertz CT molecular complexity index is 1050. The second kappa shape index (κ2) is 7.78. The van der Waals surface area contributed by atoms with Crippen LogP contribution in [0.4, 0.5) is 0 Å². The number of amidine groups is 1. The van der Waals surface area contributed by atoms with Crippen molar-refractivity contribution in [3.8, 4) is 11.5 Å². The molecule has 2 heterocycles. The van der Waals surface area contributed by atoms with Crippen molar-refractivity contribution in [2.45, 2.75) is 12.6 Å². The van der Waals surface area contributed by atoms with Gasteiger partial charge in [0, 0.05) is 18.3 Å². The number of hydrogen-bond acceptors (Lipinski definition) is 7. The Kier molecular flexibility index (Phi) is 5.01. The number of nitrogens with zero attached hydrogens (tertiary/aromatic N) is 1. The lowest BCUT2D eigenvalue weighted by Gasteiger charge is -2.34. The fourth-order valence-corrected chi connectivity index (χ4v) is 3.40. The highest BCUT2D eigenvalue weighted by molar-refractivity contribution is 5.97. The molecular weight excluding hydrogens is 388 g/mol. The van der Waals surface area contributed by atoms with Gasteiger partial charge in [0.05, 0.1) is 7.11 Å². The van der Waals surface area contributed by atoms with Gasteiger partial charge in [-0.2, -0.15) is 0 Å². The first kappa shape index (κ1) is 19.3. The zero-order valence-electron chi connectivity index (χ0n) is 16.2. The predicted molar refractivity (Wildman–Crippen MR) is 107 cm³/mol. The van der Waals surface area contributed by atoms with E-state index < -0.39 is 12.0 Å². The molecule has 0 spiro atoms. The summed E-state index contributed by atoms with van der Waals surface area (Å²) in [4.78, 5) is 26.7. The Balaban J connectivity index is 1.69. The van der Waals surface area contributed by atoms with Gasteiger partial charge in [-0.15, -0.1) is 0 Å². The number of carbonyl (C=O) groups excluding carboxylic acids is 2. The maximum atomic E-state index is 13.0. The lowest BCUT2D eigenvalue weighted by atomic mass is 10.0. The molecule has 2 aliphatic heterocycles. The van der Waals surface area contributed by atoms with E-state index in [4.69, 9.17) is 25.4 Å². The molecule has 1 unspecified atom stereocenters. The molecule has 154 valence electrons. The maximum absolute atomic E-state index is 13.0. The van der Waals surface area contributed by atoms with Crippen molar-refractivity contribution in [2.24, 2.45) is 5.73 Å². The van der Waals surface area contributed by atoms with Crippen LogP contribution < -0.4 is 20.5 Å². The summed E-state index contributed by atoms with van der Waals surface area (Å²) in [6.45, 7) is 0.472. The van der Waals surface area contributed by atoms with E-state index in [-0.39, 0.29) is 24.2 Å². The van der Waals surface area contributed by atoms with Crippen molar-refractivity contribution in [1.29, 1.82) is 5.41 Å². The molecule has 0 fully saturated rings. The van der Waals surface area contributed by atoms with Crippen molar-refractivity contribution in [3.63, 3.8) is 0 Å². The molecule has 0 saturated carbocycles. The summed E-state index contributed by atoms with van der Waals surface area (Å²) in [6, 6.07) is 11.7. The molecule has 0 bridgehead atoms. The molecular formula is C21H20N4O5. The van der Waals surface area contributed by atoms with Gasteiger partial charge in [0.1, 0.15) is 17.6 Å². The van der Waals surface area contributed by atoms with E-state index in [1.165, 1.54) is 7.11 Å². The van der Waals surface area contributed by atoms with Crippen LogP contribution >= 0.6 is 0 Å². The second-order valence-corrected chi connectivity index (χ2v) is 6.82. The number of benzene rings is 2. The number of amides is 1. The zero-order valence-corrected chi connectivity index (χ0v) is 16.2. The third-order valence-electron chi connectivity index (χ3n) is 4.88. The summed E-state index contributed by atoms with van der Waals surface area (Å²) in [5.41, 5.74) is 7.74. The van der Waals surface area contributed by atoms with Gasteiger partial charge in [0.2, 0.25) is 6.79 Å². The van der Waals surface area contributed by atoms with Crippen LogP contribution in [0.1, 0.15) is 22.7 Å². The average molecular weight is 408 g/mol. The highest BCUT2D eigenvalue weighted by Crippen LogP contribution is 2.37. The quantitative estimate of drug-likeness (QED) is 0.388. The lowest BCUT2D eigenvalue weighted by Crippen LogP contribution is -2.44. The monoisotopic (exact) mass is 408 g/mol. The smallest absolute Gasteiger partial charge is 0.356 e. The van der Waals surface area contributed by atoms with Gasteiger partial charge in [-0.05, 0) is 23.3 Å². The van der Waals surface area contributed by atoms with Gasteiger partial charge in [-0.25, -0.2) is 4.79 Å². The fourth-order valence-electron chi connectivity index (χ4n) is 3.40. The first-order chi connectivity index (χ1) is 14.5. The molecule has 9 heteroatoms. The minimum atomic E-state index is -0.694. The molecule has 0 aromatic heterocycles. The van der Waals surface area contributed by atoms with E-state index in [9.17, 15) is 9.59 Å². The van der Waals surface area contributed by atoms with Crippen molar-refractivity contribution >= 4 is 17.7 Å². The fraction of sp³-hybridized carbons (Fsp3) is 0.190. The standard InChI is InChI=1S/C21H20N4O5/c1-28-21(27)15-10-25(9-12-2-4-13(5-3-12)19(22)23)18(20(26)24-15)14-6-7-16-17(8-14)30-11-29-16/h2-8,10,18H,9,11H2,1H3,(H3,22,23)(H,24,26). The van der Waals surface area contributed by atoms with Crippen LogP contribution in [0.5, 0.6) is 11.5 Å². The summed E-state index contributed by atoms with van der Waals surface area (Å²) < 4.78 is 15.5. The van der Waals surface area contributed by atoms with Crippen molar-refractivity contribution in [1.82, 2.24) is 10.2 Å². The molecule has 2 aromatic rings. The Morgan fingerprint density at radius 3 is 2.67 bits per heavy atom. The van der Waals surface area contributed by atoms with Crippen LogP contribution in [-0.2, 0) is 20.9 Å². The highest BCUT2D eigenvalue weighted by atomic mass is 16.7. The molecule has 9 nitrogen and oxygen atoms in total. The molecule has 0 radical (unpaired) electrons. The number of hydrogen-bond donors (Lipinski definition) is 3. The third kappa shape index (κ3) is 3.64. The minimum absolute atomic E-state index is 0.0231. The number of carbonyl (C=O) groups is 2. The number of methoxy groups -OCH3 is 1. The Morgan fingerprint density at radius 2 is 1.97 bits per heavy atom. The Labute approximate surface area is 172 Å². The average Bonchev–Trinajstić information content (AvgIpc) is 3.21. The van der Waals surface area contributed by atoms with Gasteiger partial charge in [0.15, 0.2) is 11.5 Å². The number of nitrogen functional groups attached to an aromatic ring is 1. The van der Waals surface area contributed by atoms with Crippen molar-refractivity contribution in [3.05, 3.63) is 71.1 Å². The molecule has 4 rings (SSSR count). The molecule has 0 saturated heterocycles. The Hall–Kier alpha value is -4.01. The molecule has 1 amide bonds. The van der Waals surface area contributed by atoms with Gasteiger partial charge >= 0.3 is 5.97 Å². The molecule has 1 atom stereocenters. The van der Waals surface area contributed by atoms with E-state index >= 15 is 0 Å². The second-order valence-electron chi connectivity index (χ2n) is 6.82. The van der Waals surface area contributed by atoms with Crippen molar-refractivity contribution in [2.75, 3.05) is 13.9 Å². The van der Waals surface area contributed by atoms with E-state index in [0.29, 0.717) is 29.2 Å². The summed E-state index contributed by atoms with van der Waals surface area (Å²) >= 11 is 0. The lowest BCUT2D eigenvalue weighted by molar-refractivity contribution is -0.139. The van der Waals surface area contributed by atoms with Gasteiger partial charge in [-0.3, -0.25) is 10.2 Å². The summed E-state index contributed by atoms with van der Waals surface area (Å²) in [7, 11) is 1.25. The van der Waals surface area contributed by atoms with Crippen LogP contribution in [0.15, 0.2) is 54.4 Å². The minimum Gasteiger partial charge on any atom is -0.464 e.